The van der Waals surface area contributed by atoms with Crippen LogP contribution in [0.2, 0.25) is 5.02 Å². The lowest BCUT2D eigenvalue weighted by Gasteiger charge is -2.50. The van der Waals surface area contributed by atoms with E-state index in [1.807, 2.05) is 18.5 Å². The molecule has 7 nitrogen and oxygen atoms in total. The van der Waals surface area contributed by atoms with E-state index in [0.717, 1.165) is 67.2 Å². The van der Waals surface area contributed by atoms with Gasteiger partial charge in [0.2, 0.25) is 5.95 Å². The predicted molar refractivity (Wildman–Crippen MR) is 135 cm³/mol. The summed E-state index contributed by atoms with van der Waals surface area (Å²) in [5.74, 6) is 1.04. The molecular formula is C26H33ClN6O. The van der Waals surface area contributed by atoms with Crippen LogP contribution in [0.4, 0.5) is 11.6 Å². The number of fused-ring (bicyclic) bond motifs is 1. The number of halogens is 1. The molecule has 3 fully saturated rings. The number of rotatable bonds is 6. The fourth-order valence-electron chi connectivity index (χ4n) is 5.86. The zero-order valence-corrected chi connectivity index (χ0v) is 20.8. The van der Waals surface area contributed by atoms with Crippen molar-refractivity contribution in [2.45, 2.75) is 69.4 Å². The van der Waals surface area contributed by atoms with Gasteiger partial charge in [-0.25, -0.2) is 9.97 Å². The molecule has 2 saturated heterocycles. The maximum atomic E-state index is 6.73. The normalized spacial score (nSPS) is 22.3. The first-order valence-corrected chi connectivity index (χ1v) is 13.0. The number of hydrogen-bond acceptors (Lipinski definition) is 6. The molecule has 6 rings (SSSR count). The molecule has 3 aromatic rings. The molecule has 0 amide bonds. The largest absolute Gasteiger partial charge is 0.377 e. The SMILES string of the molecule is CCC1(n2cc(Nc3ncc4cc(Cl)c(C5CCN(C6(C)COC6)CC5)cc4n3)cn2)CCC1. The Kier molecular flexibility index (Phi) is 5.54. The molecule has 2 aliphatic heterocycles. The van der Waals surface area contributed by atoms with Crippen LogP contribution in [0.3, 0.4) is 0 Å². The summed E-state index contributed by atoms with van der Waals surface area (Å²) in [5, 5.41) is 9.77. The summed E-state index contributed by atoms with van der Waals surface area (Å²) < 4.78 is 7.59. The zero-order chi connectivity index (χ0) is 23.3. The molecule has 8 heteroatoms. The third kappa shape index (κ3) is 3.78. The molecule has 180 valence electrons. The minimum atomic E-state index is 0.189. The second-order valence-corrected chi connectivity index (χ2v) is 11.0. The van der Waals surface area contributed by atoms with Crippen LogP contribution in [0.25, 0.3) is 10.9 Å². The Hall–Kier alpha value is -2.22. The zero-order valence-electron chi connectivity index (χ0n) is 20.1. The number of benzene rings is 1. The second kappa shape index (κ2) is 8.47. The average molecular weight is 481 g/mol. The molecule has 0 unspecified atom stereocenters. The van der Waals surface area contributed by atoms with Crippen molar-refractivity contribution in [1.29, 1.82) is 0 Å². The third-order valence-corrected chi connectivity index (χ3v) is 8.82. The fraction of sp³-hybridized carbons (Fsp3) is 0.577. The van der Waals surface area contributed by atoms with Crippen LogP contribution >= 0.6 is 11.6 Å². The molecule has 2 aromatic heterocycles. The van der Waals surface area contributed by atoms with E-state index in [1.165, 1.54) is 24.8 Å². The van der Waals surface area contributed by atoms with E-state index >= 15 is 0 Å². The van der Waals surface area contributed by atoms with Crippen molar-refractivity contribution in [1.82, 2.24) is 24.6 Å². The first-order chi connectivity index (χ1) is 16.5. The van der Waals surface area contributed by atoms with Crippen molar-refractivity contribution < 1.29 is 4.74 Å². The van der Waals surface area contributed by atoms with E-state index in [-0.39, 0.29) is 11.1 Å². The van der Waals surface area contributed by atoms with E-state index in [1.54, 1.807) is 0 Å². The van der Waals surface area contributed by atoms with Crippen molar-refractivity contribution in [2.24, 2.45) is 0 Å². The Morgan fingerprint density at radius 1 is 1.18 bits per heavy atom. The summed E-state index contributed by atoms with van der Waals surface area (Å²) in [4.78, 5) is 11.9. The average Bonchev–Trinajstić information content (AvgIpc) is 3.25. The highest BCUT2D eigenvalue weighted by Crippen LogP contribution is 2.42. The molecular weight excluding hydrogens is 448 g/mol. The molecule has 0 bridgehead atoms. The highest BCUT2D eigenvalue weighted by Gasteiger charge is 2.41. The number of piperidine rings is 1. The molecule has 0 atom stereocenters. The number of aromatic nitrogens is 4. The van der Waals surface area contributed by atoms with Crippen LogP contribution < -0.4 is 5.32 Å². The molecule has 34 heavy (non-hydrogen) atoms. The quantitative estimate of drug-likeness (QED) is 0.503. The standard InChI is InChI=1S/C26H33ClN6O/c1-3-26(7-4-8-26)33-15-20(14-29-33)30-24-28-13-19-11-22(27)21(12-23(19)31-24)18-5-9-32(10-6-18)25(2)16-34-17-25/h11-15,18H,3-10,16-17H2,1-2H3,(H,28,30,31). The molecule has 1 N–H and O–H groups in total. The minimum Gasteiger partial charge on any atom is -0.377 e. The lowest BCUT2D eigenvalue weighted by molar-refractivity contribution is -0.136. The maximum absolute atomic E-state index is 6.73. The van der Waals surface area contributed by atoms with Crippen LogP contribution in [0.15, 0.2) is 30.7 Å². The first kappa shape index (κ1) is 22.3. The molecule has 1 aromatic carbocycles. The van der Waals surface area contributed by atoms with Gasteiger partial charge in [-0.1, -0.05) is 18.5 Å². The number of nitrogens with zero attached hydrogens (tertiary/aromatic N) is 5. The highest BCUT2D eigenvalue weighted by molar-refractivity contribution is 6.32. The van der Waals surface area contributed by atoms with E-state index < -0.39 is 0 Å². The molecule has 3 aliphatic rings. The van der Waals surface area contributed by atoms with Crippen LogP contribution in [0.5, 0.6) is 0 Å². The van der Waals surface area contributed by atoms with Crippen LogP contribution in [-0.4, -0.2) is 56.5 Å². The Morgan fingerprint density at radius 2 is 1.97 bits per heavy atom. The molecule has 1 aliphatic carbocycles. The van der Waals surface area contributed by atoms with Gasteiger partial charge in [-0.3, -0.25) is 9.58 Å². The van der Waals surface area contributed by atoms with E-state index in [9.17, 15) is 0 Å². The summed E-state index contributed by atoms with van der Waals surface area (Å²) >= 11 is 6.73. The molecule has 1 saturated carbocycles. The topological polar surface area (TPSA) is 68.1 Å². The first-order valence-electron chi connectivity index (χ1n) is 12.6. The molecule has 0 radical (unpaired) electrons. The maximum Gasteiger partial charge on any atom is 0.227 e. The van der Waals surface area contributed by atoms with Crippen LogP contribution in [0.1, 0.15) is 63.9 Å². The lowest BCUT2D eigenvalue weighted by atomic mass is 9.75. The number of anilines is 2. The fourth-order valence-corrected chi connectivity index (χ4v) is 6.18. The van der Waals surface area contributed by atoms with Gasteiger partial charge in [-0.05, 0) is 82.2 Å². The Bertz CT molecular complexity index is 1190. The van der Waals surface area contributed by atoms with Crippen LogP contribution in [-0.2, 0) is 10.3 Å². The van der Waals surface area contributed by atoms with Gasteiger partial charge >= 0.3 is 0 Å². The van der Waals surface area contributed by atoms with Crippen molar-refractivity contribution in [3.8, 4) is 0 Å². The molecule has 0 spiro atoms. The van der Waals surface area contributed by atoms with Gasteiger partial charge < -0.3 is 10.1 Å². The number of ether oxygens (including phenoxy) is 1. The summed E-state index contributed by atoms with van der Waals surface area (Å²) in [6, 6.07) is 4.19. The van der Waals surface area contributed by atoms with Gasteiger partial charge in [-0.15, -0.1) is 0 Å². The van der Waals surface area contributed by atoms with Gasteiger partial charge in [0.05, 0.1) is 41.7 Å². The number of hydrogen-bond donors (Lipinski definition) is 1. The van der Waals surface area contributed by atoms with E-state index in [0.29, 0.717) is 11.9 Å². The van der Waals surface area contributed by atoms with Gasteiger partial charge in [0.1, 0.15) is 0 Å². The summed E-state index contributed by atoms with van der Waals surface area (Å²) in [6.07, 6.45) is 12.8. The summed E-state index contributed by atoms with van der Waals surface area (Å²) in [5.41, 5.74) is 3.46. The van der Waals surface area contributed by atoms with Gasteiger partial charge in [0.25, 0.3) is 0 Å². The Morgan fingerprint density at radius 3 is 2.62 bits per heavy atom. The summed E-state index contributed by atoms with van der Waals surface area (Å²) in [7, 11) is 0. The van der Waals surface area contributed by atoms with E-state index in [2.05, 4.69) is 51.1 Å². The highest BCUT2D eigenvalue weighted by atomic mass is 35.5. The van der Waals surface area contributed by atoms with Crippen molar-refractivity contribution in [2.75, 3.05) is 31.6 Å². The van der Waals surface area contributed by atoms with Crippen LogP contribution in [0, 0.1) is 0 Å². The van der Waals surface area contributed by atoms with Crippen molar-refractivity contribution >= 4 is 34.1 Å². The second-order valence-electron chi connectivity index (χ2n) is 10.6. The monoisotopic (exact) mass is 480 g/mol. The molecule has 4 heterocycles. The number of nitrogens with one attached hydrogen (secondary N) is 1. The third-order valence-electron chi connectivity index (χ3n) is 8.49. The van der Waals surface area contributed by atoms with Gasteiger partial charge in [0, 0.05) is 22.8 Å². The van der Waals surface area contributed by atoms with Gasteiger partial charge in [-0.2, -0.15) is 5.10 Å². The predicted octanol–water partition coefficient (Wildman–Crippen LogP) is 5.48. The smallest absolute Gasteiger partial charge is 0.227 e. The van der Waals surface area contributed by atoms with Crippen molar-refractivity contribution in [3.05, 3.63) is 41.3 Å². The summed E-state index contributed by atoms with van der Waals surface area (Å²) in [6.45, 7) is 8.41. The van der Waals surface area contributed by atoms with Crippen molar-refractivity contribution in [3.63, 3.8) is 0 Å². The number of likely N-dealkylation sites (tertiary alicyclic amines) is 1. The Labute approximate surface area is 205 Å². The lowest BCUT2D eigenvalue weighted by Crippen LogP contribution is -2.61. The minimum absolute atomic E-state index is 0.189. The Balaban J connectivity index is 1.20. The van der Waals surface area contributed by atoms with Gasteiger partial charge in [0.15, 0.2) is 0 Å². The van der Waals surface area contributed by atoms with E-state index in [4.69, 9.17) is 21.3 Å².